The lowest BCUT2D eigenvalue weighted by Gasteiger charge is -2.37. The fraction of sp³-hybridized carbons (Fsp3) is 0.750. The topological polar surface area (TPSA) is 67.6 Å². The second-order valence-electron chi connectivity index (χ2n) is 6.40. The number of carbonyl (C=O) groups excluding carboxylic acids is 1. The predicted octanol–water partition coefficient (Wildman–Crippen LogP) is 1.37. The van der Waals surface area contributed by atoms with Crippen LogP contribution in [0.5, 0.6) is 0 Å². The Morgan fingerprint density at radius 2 is 2.09 bits per heavy atom. The number of aryl methyl sites for hydroxylation is 1. The minimum absolute atomic E-state index is 0.0458. The molecule has 1 aromatic rings. The van der Waals surface area contributed by atoms with Crippen molar-refractivity contribution < 1.29 is 14.1 Å². The lowest BCUT2D eigenvalue weighted by atomic mass is 9.96. The normalized spacial score (nSPS) is 21.8. The first-order valence-corrected chi connectivity index (χ1v) is 8.26. The maximum Gasteiger partial charge on any atom is 0.220 e. The smallest absolute Gasteiger partial charge is 0.220 e. The van der Waals surface area contributed by atoms with Crippen LogP contribution < -0.4 is 5.32 Å². The van der Waals surface area contributed by atoms with Crippen LogP contribution in [-0.2, 0) is 16.0 Å². The fourth-order valence-corrected chi connectivity index (χ4v) is 3.53. The maximum absolute atomic E-state index is 12.3. The van der Waals surface area contributed by atoms with Gasteiger partial charge in [-0.25, -0.2) is 0 Å². The number of rotatable bonds is 6. The lowest BCUT2D eigenvalue weighted by Crippen LogP contribution is -2.55. The van der Waals surface area contributed by atoms with E-state index in [0.29, 0.717) is 12.8 Å². The summed E-state index contributed by atoms with van der Waals surface area (Å²) < 4.78 is 10.5. The Morgan fingerprint density at radius 3 is 2.77 bits per heavy atom. The van der Waals surface area contributed by atoms with Crippen LogP contribution in [0.4, 0.5) is 0 Å². The number of amides is 1. The Morgan fingerprint density at radius 1 is 1.32 bits per heavy atom. The number of nitrogens with one attached hydrogen (secondary N) is 1. The molecule has 0 atom stereocenters. The Hall–Kier alpha value is -1.40. The third kappa shape index (κ3) is 4.08. The molecule has 0 unspecified atom stereocenters. The van der Waals surface area contributed by atoms with Gasteiger partial charge in [0.15, 0.2) is 0 Å². The average Bonchev–Trinajstić information content (AvgIpc) is 3.18. The van der Waals surface area contributed by atoms with Crippen LogP contribution in [0.25, 0.3) is 0 Å². The highest BCUT2D eigenvalue weighted by Crippen LogP contribution is 2.31. The van der Waals surface area contributed by atoms with Crippen LogP contribution in [0.3, 0.4) is 0 Å². The number of hydrogen-bond acceptors (Lipinski definition) is 5. The zero-order valence-electron chi connectivity index (χ0n) is 13.1. The van der Waals surface area contributed by atoms with E-state index in [1.807, 2.05) is 6.07 Å². The summed E-state index contributed by atoms with van der Waals surface area (Å²) in [4.78, 5) is 14.7. The van der Waals surface area contributed by atoms with Crippen molar-refractivity contribution in [2.45, 2.75) is 44.1 Å². The molecular formula is C16H25N3O3. The third-order valence-electron chi connectivity index (χ3n) is 4.68. The van der Waals surface area contributed by atoms with Gasteiger partial charge in [0, 0.05) is 38.5 Å². The van der Waals surface area contributed by atoms with Crippen LogP contribution in [-0.4, -0.2) is 54.4 Å². The van der Waals surface area contributed by atoms with E-state index in [2.05, 4.69) is 15.4 Å². The van der Waals surface area contributed by atoms with Crippen molar-refractivity contribution in [1.29, 1.82) is 0 Å². The van der Waals surface area contributed by atoms with Crippen LogP contribution in [0.2, 0.25) is 0 Å². The van der Waals surface area contributed by atoms with Crippen molar-refractivity contribution in [2.24, 2.45) is 0 Å². The largest absolute Gasteiger partial charge is 0.379 e. The van der Waals surface area contributed by atoms with E-state index >= 15 is 0 Å². The summed E-state index contributed by atoms with van der Waals surface area (Å²) in [6.45, 7) is 4.49. The quantitative estimate of drug-likeness (QED) is 0.860. The number of ether oxygens (including phenoxy) is 1. The summed E-state index contributed by atoms with van der Waals surface area (Å²) in [5, 5.41) is 6.99. The second kappa shape index (κ2) is 7.24. The van der Waals surface area contributed by atoms with Crippen molar-refractivity contribution in [3.05, 3.63) is 18.0 Å². The summed E-state index contributed by atoms with van der Waals surface area (Å²) in [6, 6.07) is 1.81. The van der Waals surface area contributed by atoms with E-state index in [4.69, 9.17) is 9.26 Å². The van der Waals surface area contributed by atoms with Gasteiger partial charge in [0.2, 0.25) is 5.91 Å². The molecule has 22 heavy (non-hydrogen) atoms. The second-order valence-corrected chi connectivity index (χ2v) is 6.40. The molecule has 1 aliphatic carbocycles. The molecule has 1 saturated heterocycles. The van der Waals surface area contributed by atoms with E-state index < -0.39 is 0 Å². The molecule has 122 valence electrons. The first-order valence-electron chi connectivity index (χ1n) is 8.26. The van der Waals surface area contributed by atoms with Crippen molar-refractivity contribution in [2.75, 3.05) is 32.8 Å². The molecular weight excluding hydrogens is 282 g/mol. The first-order chi connectivity index (χ1) is 10.8. The van der Waals surface area contributed by atoms with Crippen LogP contribution in [0, 0.1) is 0 Å². The summed E-state index contributed by atoms with van der Waals surface area (Å²) in [6.07, 6.45) is 7.25. The van der Waals surface area contributed by atoms with Gasteiger partial charge in [0.05, 0.1) is 24.9 Å². The number of morpholine rings is 1. The minimum Gasteiger partial charge on any atom is -0.379 e. The van der Waals surface area contributed by atoms with Gasteiger partial charge < -0.3 is 14.6 Å². The summed E-state index contributed by atoms with van der Waals surface area (Å²) in [5.74, 6) is 0.885. The zero-order valence-corrected chi connectivity index (χ0v) is 13.1. The van der Waals surface area contributed by atoms with Crippen molar-refractivity contribution in [1.82, 2.24) is 15.4 Å². The number of carbonyl (C=O) groups is 1. The third-order valence-corrected chi connectivity index (χ3v) is 4.68. The number of aromatic nitrogens is 1. The summed E-state index contributed by atoms with van der Waals surface area (Å²) >= 11 is 0. The molecule has 6 heteroatoms. The highest BCUT2D eigenvalue weighted by atomic mass is 16.5. The minimum atomic E-state index is -0.0458. The van der Waals surface area contributed by atoms with Gasteiger partial charge in [-0.15, -0.1) is 0 Å². The van der Waals surface area contributed by atoms with Crippen molar-refractivity contribution in [3.63, 3.8) is 0 Å². The van der Waals surface area contributed by atoms with Crippen LogP contribution >= 0.6 is 0 Å². The molecule has 6 nitrogen and oxygen atoms in total. The van der Waals surface area contributed by atoms with Crippen LogP contribution in [0.1, 0.15) is 37.9 Å². The van der Waals surface area contributed by atoms with E-state index in [-0.39, 0.29) is 11.4 Å². The van der Waals surface area contributed by atoms with Gasteiger partial charge in [-0.1, -0.05) is 18.0 Å². The molecule has 1 N–H and O–H groups in total. The molecule has 2 heterocycles. The maximum atomic E-state index is 12.3. The molecule has 0 bridgehead atoms. The van der Waals surface area contributed by atoms with Gasteiger partial charge >= 0.3 is 0 Å². The van der Waals surface area contributed by atoms with E-state index in [1.54, 1.807) is 6.20 Å². The predicted molar refractivity (Wildman–Crippen MR) is 81.4 cm³/mol. The molecule has 1 aromatic heterocycles. The lowest BCUT2D eigenvalue weighted by molar-refractivity contribution is -0.123. The SMILES string of the molecule is O=C(CCc1ccno1)NC1(CN2CCOCC2)CCCC1. The summed E-state index contributed by atoms with van der Waals surface area (Å²) in [7, 11) is 0. The van der Waals surface area contributed by atoms with Gasteiger partial charge in [0.1, 0.15) is 5.76 Å². The molecule has 0 spiro atoms. The van der Waals surface area contributed by atoms with Crippen molar-refractivity contribution >= 4 is 5.91 Å². The zero-order chi connectivity index (χ0) is 15.3. The first kappa shape index (κ1) is 15.5. The Bertz CT molecular complexity index is 463. The highest BCUT2D eigenvalue weighted by molar-refractivity contribution is 5.77. The van der Waals surface area contributed by atoms with E-state index in [1.165, 1.54) is 12.8 Å². The number of hydrogen-bond donors (Lipinski definition) is 1. The highest BCUT2D eigenvalue weighted by Gasteiger charge is 2.37. The Kier molecular flexibility index (Phi) is 5.10. The number of nitrogens with zero attached hydrogens (tertiary/aromatic N) is 2. The Labute approximate surface area is 131 Å². The van der Waals surface area contributed by atoms with Crippen molar-refractivity contribution in [3.8, 4) is 0 Å². The Balaban J connectivity index is 1.52. The van der Waals surface area contributed by atoms with E-state index in [9.17, 15) is 4.79 Å². The van der Waals surface area contributed by atoms with Crippen LogP contribution in [0.15, 0.2) is 16.8 Å². The van der Waals surface area contributed by atoms with Gasteiger partial charge in [-0.2, -0.15) is 0 Å². The average molecular weight is 307 g/mol. The fourth-order valence-electron chi connectivity index (χ4n) is 3.53. The van der Waals surface area contributed by atoms with Gasteiger partial charge in [-0.05, 0) is 12.8 Å². The van der Waals surface area contributed by atoms with Gasteiger partial charge in [0.25, 0.3) is 0 Å². The monoisotopic (exact) mass is 307 g/mol. The molecule has 0 radical (unpaired) electrons. The molecule has 2 aliphatic rings. The standard InChI is InChI=1S/C16H25N3O3/c20-15(4-3-14-5-8-17-22-14)18-16(6-1-2-7-16)13-19-9-11-21-12-10-19/h5,8H,1-4,6-7,9-13H2,(H,18,20). The molecule has 1 aliphatic heterocycles. The molecule has 3 rings (SSSR count). The molecule has 2 fully saturated rings. The molecule has 1 amide bonds. The molecule has 0 aromatic carbocycles. The van der Waals surface area contributed by atoms with E-state index in [0.717, 1.165) is 51.4 Å². The summed E-state index contributed by atoms with van der Waals surface area (Å²) in [5.41, 5.74) is -0.0458. The molecule has 1 saturated carbocycles. The van der Waals surface area contributed by atoms with Gasteiger partial charge in [-0.3, -0.25) is 9.69 Å².